The highest BCUT2D eigenvalue weighted by atomic mass is 16.5. The van der Waals surface area contributed by atoms with Crippen molar-refractivity contribution in [3.63, 3.8) is 0 Å². The Hall–Kier alpha value is -1.16. The van der Waals surface area contributed by atoms with E-state index in [4.69, 9.17) is 10.5 Å². The summed E-state index contributed by atoms with van der Waals surface area (Å²) in [5.41, 5.74) is 6.08. The highest BCUT2D eigenvalue weighted by Crippen LogP contribution is 2.26. The van der Waals surface area contributed by atoms with Crippen LogP contribution in [0.3, 0.4) is 0 Å². The van der Waals surface area contributed by atoms with Gasteiger partial charge in [-0.1, -0.05) is 19.3 Å². The molecule has 0 aromatic carbocycles. The van der Waals surface area contributed by atoms with Crippen LogP contribution in [0.5, 0.6) is 5.88 Å². The summed E-state index contributed by atoms with van der Waals surface area (Å²) in [6.07, 6.45) is 10.7. The Kier molecular flexibility index (Phi) is 3.16. The predicted molar refractivity (Wildman–Crippen MR) is 57.5 cm³/mol. The summed E-state index contributed by atoms with van der Waals surface area (Å²) in [5, 5.41) is 0. The molecule has 2 N–H and O–H groups in total. The summed E-state index contributed by atoms with van der Waals surface area (Å²) >= 11 is 0. The van der Waals surface area contributed by atoms with Crippen LogP contribution in [0, 0.1) is 0 Å². The molecule has 0 aliphatic heterocycles. The van der Waals surface area contributed by atoms with Gasteiger partial charge in [0.05, 0.1) is 11.7 Å². The maximum Gasteiger partial charge on any atom is 0.232 e. The first-order valence-electron chi connectivity index (χ1n) is 5.46. The Balaban J connectivity index is 1.87. The lowest BCUT2D eigenvalue weighted by molar-refractivity contribution is 0.168. The van der Waals surface area contributed by atoms with E-state index in [1.165, 1.54) is 19.3 Å². The van der Waals surface area contributed by atoms with Crippen molar-refractivity contribution in [1.82, 2.24) is 9.97 Å². The number of rotatable bonds is 3. The zero-order valence-electron chi connectivity index (χ0n) is 8.85. The van der Waals surface area contributed by atoms with E-state index < -0.39 is 0 Å². The molecular formula is C11H17N3O. The van der Waals surface area contributed by atoms with E-state index in [0.29, 0.717) is 12.5 Å². The van der Waals surface area contributed by atoms with Gasteiger partial charge in [-0.05, 0) is 12.8 Å². The van der Waals surface area contributed by atoms with Gasteiger partial charge in [-0.2, -0.15) is 0 Å². The lowest BCUT2D eigenvalue weighted by Gasteiger charge is -2.32. The van der Waals surface area contributed by atoms with Gasteiger partial charge in [-0.3, -0.25) is 4.98 Å². The zero-order chi connectivity index (χ0) is 10.6. The van der Waals surface area contributed by atoms with Gasteiger partial charge in [-0.25, -0.2) is 4.98 Å². The molecule has 2 rings (SSSR count). The Labute approximate surface area is 89.9 Å². The molecule has 4 heteroatoms. The van der Waals surface area contributed by atoms with Crippen molar-refractivity contribution in [3.8, 4) is 5.88 Å². The smallest absolute Gasteiger partial charge is 0.232 e. The molecule has 0 unspecified atom stereocenters. The second-order valence-electron chi connectivity index (χ2n) is 4.26. The van der Waals surface area contributed by atoms with E-state index in [0.717, 1.165) is 12.8 Å². The van der Waals surface area contributed by atoms with E-state index in [-0.39, 0.29) is 5.54 Å². The minimum atomic E-state index is -0.157. The minimum Gasteiger partial charge on any atom is -0.475 e. The van der Waals surface area contributed by atoms with Gasteiger partial charge in [0, 0.05) is 12.4 Å². The van der Waals surface area contributed by atoms with Gasteiger partial charge in [0.1, 0.15) is 6.61 Å². The van der Waals surface area contributed by atoms with Crippen LogP contribution in [0.4, 0.5) is 0 Å². The monoisotopic (exact) mass is 207 g/mol. The molecule has 4 nitrogen and oxygen atoms in total. The summed E-state index contributed by atoms with van der Waals surface area (Å²) < 4.78 is 5.55. The normalized spacial score (nSPS) is 19.8. The summed E-state index contributed by atoms with van der Waals surface area (Å²) in [6, 6.07) is 0. The molecule has 1 aliphatic carbocycles. The second kappa shape index (κ2) is 4.57. The first kappa shape index (κ1) is 10.4. The number of hydrogen-bond acceptors (Lipinski definition) is 4. The number of hydrogen-bond donors (Lipinski definition) is 1. The van der Waals surface area contributed by atoms with E-state index in [2.05, 4.69) is 9.97 Å². The fraction of sp³-hybridized carbons (Fsp3) is 0.636. The predicted octanol–water partition coefficient (Wildman–Crippen LogP) is 1.52. The molecule has 0 amide bonds. The molecule has 1 heterocycles. The fourth-order valence-electron chi connectivity index (χ4n) is 1.98. The van der Waals surface area contributed by atoms with Crippen LogP contribution >= 0.6 is 0 Å². The molecule has 15 heavy (non-hydrogen) atoms. The third kappa shape index (κ3) is 2.89. The second-order valence-corrected chi connectivity index (χ2v) is 4.26. The Morgan fingerprint density at radius 3 is 2.73 bits per heavy atom. The molecular weight excluding hydrogens is 190 g/mol. The van der Waals surface area contributed by atoms with Gasteiger partial charge < -0.3 is 10.5 Å². The summed E-state index contributed by atoms with van der Waals surface area (Å²) in [7, 11) is 0. The van der Waals surface area contributed by atoms with Crippen LogP contribution in [0.15, 0.2) is 18.6 Å². The van der Waals surface area contributed by atoms with Crippen molar-refractivity contribution in [3.05, 3.63) is 18.6 Å². The third-order valence-electron chi connectivity index (χ3n) is 2.90. The highest BCUT2D eigenvalue weighted by Gasteiger charge is 2.28. The molecule has 0 atom stereocenters. The largest absolute Gasteiger partial charge is 0.475 e. The molecule has 1 aromatic rings. The van der Waals surface area contributed by atoms with Crippen LogP contribution in [0.2, 0.25) is 0 Å². The maximum absolute atomic E-state index is 6.23. The minimum absolute atomic E-state index is 0.157. The van der Waals surface area contributed by atoms with Crippen molar-refractivity contribution >= 4 is 0 Å². The SMILES string of the molecule is NC1(COc2cnccn2)CCCCC1. The maximum atomic E-state index is 6.23. The van der Waals surface area contributed by atoms with E-state index in [1.54, 1.807) is 18.6 Å². The Bertz CT molecular complexity index is 296. The quantitative estimate of drug-likeness (QED) is 0.816. The third-order valence-corrected chi connectivity index (χ3v) is 2.90. The molecule has 1 saturated carbocycles. The lowest BCUT2D eigenvalue weighted by atomic mass is 9.83. The summed E-state index contributed by atoms with van der Waals surface area (Å²) in [6.45, 7) is 0.547. The highest BCUT2D eigenvalue weighted by molar-refractivity contribution is 5.02. The molecule has 0 bridgehead atoms. The van der Waals surface area contributed by atoms with Crippen LogP contribution in [-0.4, -0.2) is 22.1 Å². The molecule has 1 aliphatic rings. The van der Waals surface area contributed by atoms with Gasteiger partial charge in [-0.15, -0.1) is 0 Å². The number of ether oxygens (including phenoxy) is 1. The van der Waals surface area contributed by atoms with Crippen molar-refractivity contribution in [2.75, 3.05) is 6.61 Å². The van der Waals surface area contributed by atoms with Gasteiger partial charge >= 0.3 is 0 Å². The average Bonchev–Trinajstić information content (AvgIpc) is 2.29. The van der Waals surface area contributed by atoms with Crippen molar-refractivity contribution in [2.45, 2.75) is 37.6 Å². The average molecular weight is 207 g/mol. The van der Waals surface area contributed by atoms with Gasteiger partial charge in [0.25, 0.3) is 0 Å². The summed E-state index contributed by atoms with van der Waals surface area (Å²) in [4.78, 5) is 8.00. The van der Waals surface area contributed by atoms with E-state index >= 15 is 0 Å². The van der Waals surface area contributed by atoms with Crippen molar-refractivity contribution in [2.24, 2.45) is 5.73 Å². The molecule has 1 aromatic heterocycles. The van der Waals surface area contributed by atoms with Gasteiger partial charge in [0.15, 0.2) is 0 Å². The Morgan fingerprint density at radius 2 is 2.07 bits per heavy atom. The number of aromatic nitrogens is 2. The topological polar surface area (TPSA) is 61.0 Å². The molecule has 0 radical (unpaired) electrons. The number of nitrogens with two attached hydrogens (primary N) is 1. The van der Waals surface area contributed by atoms with Crippen LogP contribution in [-0.2, 0) is 0 Å². The molecule has 0 spiro atoms. The molecule has 0 saturated heterocycles. The zero-order valence-corrected chi connectivity index (χ0v) is 8.85. The first-order valence-corrected chi connectivity index (χ1v) is 5.46. The van der Waals surface area contributed by atoms with Gasteiger partial charge in [0.2, 0.25) is 5.88 Å². The fourth-order valence-corrected chi connectivity index (χ4v) is 1.98. The molecule has 1 fully saturated rings. The Morgan fingerprint density at radius 1 is 1.27 bits per heavy atom. The van der Waals surface area contributed by atoms with Crippen LogP contribution in [0.25, 0.3) is 0 Å². The van der Waals surface area contributed by atoms with Crippen LogP contribution < -0.4 is 10.5 Å². The van der Waals surface area contributed by atoms with Crippen LogP contribution in [0.1, 0.15) is 32.1 Å². The van der Waals surface area contributed by atoms with E-state index in [9.17, 15) is 0 Å². The van der Waals surface area contributed by atoms with E-state index in [1.807, 2.05) is 0 Å². The standard InChI is InChI=1S/C11H17N3O/c12-11(4-2-1-3-5-11)9-15-10-8-13-6-7-14-10/h6-8H,1-5,9,12H2. The summed E-state index contributed by atoms with van der Waals surface area (Å²) in [5.74, 6) is 0.563. The van der Waals surface area contributed by atoms with Crippen molar-refractivity contribution < 1.29 is 4.74 Å². The first-order chi connectivity index (χ1) is 7.29. The number of nitrogens with zero attached hydrogens (tertiary/aromatic N) is 2. The lowest BCUT2D eigenvalue weighted by Crippen LogP contribution is -2.47. The van der Waals surface area contributed by atoms with Crippen molar-refractivity contribution in [1.29, 1.82) is 0 Å². The molecule has 82 valence electrons.